The van der Waals surface area contributed by atoms with E-state index in [9.17, 15) is 19.2 Å². The summed E-state index contributed by atoms with van der Waals surface area (Å²) in [6.45, 7) is 1.49. The van der Waals surface area contributed by atoms with E-state index in [1.54, 1.807) is 66.7 Å². The van der Waals surface area contributed by atoms with E-state index in [1.165, 1.54) is 18.7 Å². The van der Waals surface area contributed by atoms with E-state index in [-0.39, 0.29) is 23.1 Å². The van der Waals surface area contributed by atoms with E-state index in [0.29, 0.717) is 22.5 Å². The van der Waals surface area contributed by atoms with Crippen LogP contribution in [0.25, 0.3) is 17.2 Å². The number of carbonyl (C=O) groups is 4. The van der Waals surface area contributed by atoms with Crippen LogP contribution in [0.3, 0.4) is 0 Å². The minimum Gasteiger partial charge on any atom is -0.325 e. The van der Waals surface area contributed by atoms with Crippen molar-refractivity contribution in [1.82, 2.24) is 5.32 Å². The Bertz CT molecular complexity index is 1850. The molecule has 8 heteroatoms. The molecule has 0 heterocycles. The zero-order chi connectivity index (χ0) is 32.3. The topological polar surface area (TPSA) is 104 Å². The molecule has 0 aliphatic rings. The molecule has 3 N–H and O–H groups in total. The maximum atomic E-state index is 13.4. The van der Waals surface area contributed by atoms with Crippen LogP contribution in [0.5, 0.6) is 0 Å². The Kier molecular flexibility index (Phi) is 10.6. The average molecular weight is 626 g/mol. The van der Waals surface area contributed by atoms with E-state index in [2.05, 4.69) is 16.0 Å². The second-order valence-corrected chi connectivity index (χ2v) is 11.4. The summed E-state index contributed by atoms with van der Waals surface area (Å²) in [7, 11) is 0. The van der Waals surface area contributed by atoms with E-state index in [4.69, 9.17) is 0 Å². The van der Waals surface area contributed by atoms with Crippen molar-refractivity contribution in [3.8, 4) is 11.1 Å². The first kappa shape index (κ1) is 31.7. The second-order valence-electron chi connectivity index (χ2n) is 10.3. The van der Waals surface area contributed by atoms with Crippen molar-refractivity contribution in [2.24, 2.45) is 0 Å². The molecule has 0 spiro atoms. The number of rotatable bonds is 11. The van der Waals surface area contributed by atoms with Gasteiger partial charge in [0.25, 0.3) is 11.8 Å². The van der Waals surface area contributed by atoms with E-state index < -0.39 is 11.8 Å². The molecule has 0 aliphatic carbocycles. The Labute approximate surface area is 271 Å². The lowest BCUT2D eigenvalue weighted by Crippen LogP contribution is -2.30. The van der Waals surface area contributed by atoms with Gasteiger partial charge in [-0.05, 0) is 90.4 Å². The first-order valence-electron chi connectivity index (χ1n) is 14.5. The Morgan fingerprint density at radius 1 is 0.609 bits per heavy atom. The third-order valence-electron chi connectivity index (χ3n) is 6.91. The van der Waals surface area contributed by atoms with Crippen LogP contribution in [0, 0.1) is 0 Å². The fourth-order valence-corrected chi connectivity index (χ4v) is 5.18. The van der Waals surface area contributed by atoms with Crippen LogP contribution in [-0.2, 0) is 9.59 Å². The van der Waals surface area contributed by atoms with Gasteiger partial charge in [0.1, 0.15) is 5.70 Å². The smallest absolute Gasteiger partial charge is 0.272 e. The minimum atomic E-state index is -0.480. The average Bonchev–Trinajstić information content (AvgIpc) is 3.09. The van der Waals surface area contributed by atoms with Crippen LogP contribution in [0.1, 0.15) is 33.2 Å². The number of hydrogen-bond acceptors (Lipinski definition) is 5. The highest BCUT2D eigenvalue weighted by Gasteiger charge is 2.15. The predicted octanol–water partition coefficient (Wildman–Crippen LogP) is 7.70. The molecule has 5 rings (SSSR count). The van der Waals surface area contributed by atoms with Crippen molar-refractivity contribution >= 4 is 52.7 Å². The monoisotopic (exact) mass is 625 g/mol. The summed E-state index contributed by atoms with van der Waals surface area (Å²) >= 11 is 1.35. The van der Waals surface area contributed by atoms with Gasteiger partial charge >= 0.3 is 0 Å². The van der Waals surface area contributed by atoms with Crippen LogP contribution in [0.2, 0.25) is 0 Å². The molecule has 0 radical (unpaired) electrons. The third-order valence-corrected chi connectivity index (χ3v) is 7.93. The van der Waals surface area contributed by atoms with Gasteiger partial charge in [-0.1, -0.05) is 72.8 Å². The first-order chi connectivity index (χ1) is 22.3. The maximum Gasteiger partial charge on any atom is 0.272 e. The van der Waals surface area contributed by atoms with Crippen molar-refractivity contribution in [2.75, 3.05) is 16.4 Å². The minimum absolute atomic E-state index is 0.0360. The number of ketones is 1. The molecule has 5 aromatic rings. The Morgan fingerprint density at radius 2 is 1.17 bits per heavy atom. The Morgan fingerprint density at radius 3 is 1.80 bits per heavy atom. The molecular weight excluding hydrogens is 595 g/mol. The number of amides is 3. The summed E-state index contributed by atoms with van der Waals surface area (Å²) in [6, 6.07) is 40.2. The fraction of sp³-hybridized carbons (Fsp3) is 0.0526. The molecule has 0 saturated carbocycles. The zero-order valence-corrected chi connectivity index (χ0v) is 25.8. The summed E-state index contributed by atoms with van der Waals surface area (Å²) < 4.78 is 0. The number of carbonyl (C=O) groups excluding carboxylic acids is 4. The van der Waals surface area contributed by atoms with Crippen LogP contribution in [0.15, 0.2) is 144 Å². The first-order valence-corrected chi connectivity index (χ1v) is 15.5. The van der Waals surface area contributed by atoms with Gasteiger partial charge in [-0.25, -0.2) is 0 Å². The standard InChI is InChI=1S/C38H31N3O4S/c1-26(42)28-16-18-32(19-17-28)39-36(43)25-46-34-22-20-33(21-23-34)40-38(45)35(41-37(44)31-10-6-3-7-11-31)24-27-12-14-30(15-13-27)29-8-4-2-5-9-29/h2-24H,25H2,1H3,(H,39,43)(H,40,45)(H,41,44)/b35-24-. The molecule has 0 fully saturated rings. The summed E-state index contributed by atoms with van der Waals surface area (Å²) in [5, 5.41) is 8.44. The second kappa shape index (κ2) is 15.3. The molecule has 0 unspecified atom stereocenters. The molecule has 46 heavy (non-hydrogen) atoms. The Hall–Kier alpha value is -5.73. The SMILES string of the molecule is CC(=O)c1ccc(NC(=O)CSc2ccc(NC(=O)/C(=C/c3ccc(-c4ccccc4)cc3)NC(=O)c3ccccc3)cc2)cc1. The number of hydrogen-bond donors (Lipinski definition) is 3. The highest BCUT2D eigenvalue weighted by Crippen LogP contribution is 2.23. The largest absolute Gasteiger partial charge is 0.325 e. The normalized spacial score (nSPS) is 10.9. The van der Waals surface area contributed by atoms with E-state index >= 15 is 0 Å². The molecule has 0 aliphatic heterocycles. The van der Waals surface area contributed by atoms with Crippen molar-refractivity contribution < 1.29 is 19.2 Å². The van der Waals surface area contributed by atoms with Crippen molar-refractivity contribution in [3.63, 3.8) is 0 Å². The van der Waals surface area contributed by atoms with Gasteiger partial charge in [-0.15, -0.1) is 11.8 Å². The molecular formula is C38H31N3O4S. The van der Waals surface area contributed by atoms with Crippen molar-refractivity contribution in [2.45, 2.75) is 11.8 Å². The predicted molar refractivity (Wildman–Crippen MR) is 185 cm³/mol. The molecule has 0 aromatic heterocycles. The maximum absolute atomic E-state index is 13.4. The van der Waals surface area contributed by atoms with Gasteiger partial charge in [0.2, 0.25) is 5.91 Å². The third kappa shape index (κ3) is 8.90. The molecule has 0 bridgehead atoms. The summed E-state index contributed by atoms with van der Waals surface area (Å²) in [4.78, 5) is 51.1. The Balaban J connectivity index is 1.24. The number of Topliss-reactive ketones (excluding diaryl/α,β-unsaturated/α-hetero) is 1. The molecule has 5 aromatic carbocycles. The van der Waals surface area contributed by atoms with Gasteiger partial charge < -0.3 is 16.0 Å². The van der Waals surface area contributed by atoms with Crippen LogP contribution in [0.4, 0.5) is 11.4 Å². The lowest BCUT2D eigenvalue weighted by molar-refractivity contribution is -0.114. The van der Waals surface area contributed by atoms with E-state index in [1.807, 2.05) is 72.8 Å². The van der Waals surface area contributed by atoms with Crippen LogP contribution >= 0.6 is 11.8 Å². The molecule has 7 nitrogen and oxygen atoms in total. The quantitative estimate of drug-likeness (QED) is 0.0793. The molecule has 228 valence electrons. The van der Waals surface area contributed by atoms with Gasteiger partial charge in [0, 0.05) is 27.4 Å². The molecule has 3 amide bonds. The van der Waals surface area contributed by atoms with Crippen LogP contribution < -0.4 is 16.0 Å². The van der Waals surface area contributed by atoms with Gasteiger partial charge in [-0.2, -0.15) is 0 Å². The van der Waals surface area contributed by atoms with Crippen LogP contribution in [-0.4, -0.2) is 29.3 Å². The number of thioether (sulfide) groups is 1. The lowest BCUT2D eigenvalue weighted by atomic mass is 10.0. The number of anilines is 2. The van der Waals surface area contributed by atoms with Crippen molar-refractivity contribution in [1.29, 1.82) is 0 Å². The zero-order valence-electron chi connectivity index (χ0n) is 25.0. The van der Waals surface area contributed by atoms with Crippen molar-refractivity contribution in [3.05, 3.63) is 156 Å². The molecule has 0 saturated heterocycles. The van der Waals surface area contributed by atoms with Gasteiger partial charge in [0.05, 0.1) is 5.75 Å². The molecule has 0 atom stereocenters. The van der Waals surface area contributed by atoms with Gasteiger partial charge in [0.15, 0.2) is 5.78 Å². The van der Waals surface area contributed by atoms with E-state index in [0.717, 1.165) is 21.6 Å². The fourth-order valence-electron chi connectivity index (χ4n) is 4.48. The van der Waals surface area contributed by atoms with Gasteiger partial charge in [-0.3, -0.25) is 19.2 Å². The lowest BCUT2D eigenvalue weighted by Gasteiger charge is -2.12. The number of benzene rings is 5. The highest BCUT2D eigenvalue weighted by molar-refractivity contribution is 8.00. The highest BCUT2D eigenvalue weighted by atomic mass is 32.2. The summed E-state index contributed by atoms with van der Waals surface area (Å²) in [6.07, 6.45) is 1.64. The summed E-state index contributed by atoms with van der Waals surface area (Å²) in [5.41, 5.74) is 5.11. The number of nitrogens with one attached hydrogen (secondary N) is 3. The summed E-state index contributed by atoms with van der Waals surface area (Å²) in [5.74, 6) is -0.916.